The molecule has 4 heterocycles. The van der Waals surface area contributed by atoms with E-state index >= 15 is 0 Å². The van der Waals surface area contributed by atoms with Gasteiger partial charge in [-0.25, -0.2) is 27.7 Å². The van der Waals surface area contributed by atoms with Crippen molar-refractivity contribution in [3.05, 3.63) is 48.3 Å². The second kappa shape index (κ2) is 8.99. The fourth-order valence-corrected chi connectivity index (χ4v) is 4.51. The first kappa shape index (κ1) is 23.6. The molecule has 34 heavy (non-hydrogen) atoms. The second-order valence-electron chi connectivity index (χ2n) is 7.71. The molecule has 14 heteroatoms. The smallest absolute Gasteiger partial charge is 0.351 e. The van der Waals surface area contributed by atoms with Gasteiger partial charge in [-0.1, -0.05) is 0 Å². The van der Waals surface area contributed by atoms with Gasteiger partial charge in [-0.3, -0.25) is 4.98 Å². The maximum atomic E-state index is 13.7. The molecule has 0 bridgehead atoms. The summed E-state index contributed by atoms with van der Waals surface area (Å²) in [6.07, 6.45) is 3.49. The highest BCUT2D eigenvalue weighted by molar-refractivity contribution is 7.88. The first-order chi connectivity index (χ1) is 16.1. The van der Waals surface area contributed by atoms with Crippen LogP contribution in [0.1, 0.15) is 24.0 Å². The Morgan fingerprint density at radius 2 is 1.94 bits per heavy atom. The highest BCUT2D eigenvalue weighted by atomic mass is 32.2. The molecule has 3 aromatic heterocycles. The molecule has 178 valence electrons. The topological polar surface area (TPSA) is 130 Å². The van der Waals surface area contributed by atoms with E-state index in [1.807, 2.05) is 6.07 Å². The van der Waals surface area contributed by atoms with Gasteiger partial charge in [0.05, 0.1) is 23.7 Å². The summed E-state index contributed by atoms with van der Waals surface area (Å²) in [4.78, 5) is 15.9. The van der Waals surface area contributed by atoms with Gasteiger partial charge in [0.25, 0.3) is 0 Å². The van der Waals surface area contributed by atoms with Crippen molar-refractivity contribution >= 4 is 16.0 Å². The number of pyridine rings is 1. The molecule has 1 N–H and O–H groups in total. The number of imidazole rings is 1. The molecular formula is C20H19F3N8O2S. The number of alkyl halides is 3. The Kier molecular flexibility index (Phi) is 6.24. The molecule has 1 fully saturated rings. The van der Waals surface area contributed by atoms with Crippen molar-refractivity contribution < 1.29 is 21.6 Å². The van der Waals surface area contributed by atoms with Gasteiger partial charge < -0.3 is 9.88 Å². The lowest BCUT2D eigenvalue weighted by atomic mass is 10.1. The summed E-state index contributed by atoms with van der Waals surface area (Å²) in [7, 11) is -3.30. The van der Waals surface area contributed by atoms with E-state index in [-0.39, 0.29) is 23.2 Å². The Balaban J connectivity index is 1.63. The third-order valence-electron chi connectivity index (χ3n) is 5.37. The van der Waals surface area contributed by atoms with Gasteiger partial charge >= 0.3 is 6.18 Å². The van der Waals surface area contributed by atoms with E-state index in [1.54, 1.807) is 0 Å². The predicted molar refractivity (Wildman–Crippen MR) is 115 cm³/mol. The first-order valence-corrected chi connectivity index (χ1v) is 12.0. The summed E-state index contributed by atoms with van der Waals surface area (Å²) in [5.74, 6) is -0.0190. The Bertz CT molecular complexity index is 1340. The van der Waals surface area contributed by atoms with Crippen molar-refractivity contribution in [2.45, 2.75) is 25.1 Å². The molecule has 0 aromatic carbocycles. The van der Waals surface area contributed by atoms with Gasteiger partial charge in [0.15, 0.2) is 0 Å². The third-order valence-corrected chi connectivity index (χ3v) is 6.68. The predicted octanol–water partition coefficient (Wildman–Crippen LogP) is 2.45. The van der Waals surface area contributed by atoms with Crippen LogP contribution in [0, 0.1) is 11.3 Å². The van der Waals surface area contributed by atoms with Crippen LogP contribution in [0.5, 0.6) is 0 Å². The standard InChI is InChI=1S/C20H19F3N8O2S/c1-34(32,33)31-6-3-14(4-7-31)28-19-26-9-15(20(21,22)23)18(29-19)16-11-30(12-27-16)17-10-25-5-2-13(17)8-24/h2,5,9-12,14H,3-4,6-7H2,1H3,(H,26,28,29). The summed E-state index contributed by atoms with van der Waals surface area (Å²) in [6.45, 7) is 0.585. The number of sulfonamides is 1. The summed E-state index contributed by atoms with van der Waals surface area (Å²) in [5.41, 5.74) is -0.887. The molecule has 4 rings (SSSR count). The van der Waals surface area contributed by atoms with Crippen LogP contribution < -0.4 is 5.32 Å². The fourth-order valence-electron chi connectivity index (χ4n) is 3.63. The third kappa shape index (κ3) is 5.00. The lowest BCUT2D eigenvalue weighted by Gasteiger charge is -2.30. The quantitative estimate of drug-likeness (QED) is 0.575. The van der Waals surface area contributed by atoms with E-state index in [4.69, 9.17) is 0 Å². The van der Waals surface area contributed by atoms with Gasteiger partial charge in [-0.2, -0.15) is 18.4 Å². The number of nitrogens with zero attached hydrogens (tertiary/aromatic N) is 7. The minimum atomic E-state index is -4.72. The number of hydrogen-bond acceptors (Lipinski definition) is 8. The van der Waals surface area contributed by atoms with Crippen molar-refractivity contribution in [1.82, 2.24) is 28.8 Å². The number of halogens is 3. The van der Waals surface area contributed by atoms with Crippen LogP contribution in [0.2, 0.25) is 0 Å². The average molecular weight is 492 g/mol. The van der Waals surface area contributed by atoms with E-state index in [0.29, 0.717) is 37.8 Å². The van der Waals surface area contributed by atoms with Crippen molar-refractivity contribution in [3.8, 4) is 23.1 Å². The number of nitrogens with one attached hydrogen (secondary N) is 1. The van der Waals surface area contributed by atoms with Crippen molar-refractivity contribution in [2.75, 3.05) is 24.7 Å². The fraction of sp³-hybridized carbons (Fsp3) is 0.350. The summed E-state index contributed by atoms with van der Waals surface area (Å²) < 4.78 is 67.1. The van der Waals surface area contributed by atoms with E-state index < -0.39 is 27.5 Å². The Morgan fingerprint density at radius 3 is 2.59 bits per heavy atom. The molecule has 1 aliphatic heterocycles. The number of aromatic nitrogens is 5. The largest absolute Gasteiger partial charge is 0.420 e. The van der Waals surface area contributed by atoms with Crippen molar-refractivity contribution in [1.29, 1.82) is 5.26 Å². The van der Waals surface area contributed by atoms with Gasteiger partial charge in [0.2, 0.25) is 16.0 Å². The normalized spacial score (nSPS) is 15.7. The molecule has 0 radical (unpaired) electrons. The van der Waals surface area contributed by atoms with Gasteiger partial charge in [-0.05, 0) is 18.9 Å². The van der Waals surface area contributed by atoms with Gasteiger partial charge in [0.1, 0.15) is 29.3 Å². The van der Waals surface area contributed by atoms with Crippen LogP contribution in [0.25, 0.3) is 17.1 Å². The lowest BCUT2D eigenvalue weighted by Crippen LogP contribution is -2.42. The Labute approximate surface area is 193 Å². The minimum Gasteiger partial charge on any atom is -0.351 e. The molecule has 0 saturated carbocycles. The van der Waals surface area contributed by atoms with Crippen LogP contribution >= 0.6 is 0 Å². The Morgan fingerprint density at radius 1 is 1.21 bits per heavy atom. The van der Waals surface area contributed by atoms with E-state index in [0.717, 1.165) is 6.26 Å². The highest BCUT2D eigenvalue weighted by Crippen LogP contribution is 2.36. The molecule has 1 aliphatic rings. The number of anilines is 1. The molecule has 0 amide bonds. The molecule has 0 unspecified atom stereocenters. The maximum absolute atomic E-state index is 13.7. The molecular weight excluding hydrogens is 473 g/mol. The van der Waals surface area contributed by atoms with Crippen molar-refractivity contribution in [2.24, 2.45) is 0 Å². The molecule has 1 saturated heterocycles. The zero-order valence-corrected chi connectivity index (χ0v) is 18.7. The zero-order valence-electron chi connectivity index (χ0n) is 17.9. The first-order valence-electron chi connectivity index (χ1n) is 10.1. The molecule has 3 aromatic rings. The number of rotatable bonds is 5. The molecule has 0 atom stereocenters. The molecule has 10 nitrogen and oxygen atoms in total. The number of piperidine rings is 1. The van der Waals surface area contributed by atoms with E-state index in [9.17, 15) is 26.9 Å². The summed E-state index contributed by atoms with van der Waals surface area (Å²) in [6, 6.07) is 3.28. The maximum Gasteiger partial charge on any atom is 0.420 e. The number of hydrogen-bond donors (Lipinski definition) is 1. The Hall–Kier alpha value is -3.57. The lowest BCUT2D eigenvalue weighted by molar-refractivity contribution is -0.137. The van der Waals surface area contributed by atoms with E-state index in [2.05, 4.69) is 25.3 Å². The van der Waals surface area contributed by atoms with E-state index in [1.165, 1.54) is 39.9 Å². The number of nitriles is 1. The summed E-state index contributed by atoms with van der Waals surface area (Å²) >= 11 is 0. The molecule has 0 spiro atoms. The van der Waals surface area contributed by atoms with Crippen LogP contribution in [-0.2, 0) is 16.2 Å². The monoisotopic (exact) mass is 492 g/mol. The summed E-state index contributed by atoms with van der Waals surface area (Å²) in [5, 5.41) is 12.3. The van der Waals surface area contributed by atoms with Crippen molar-refractivity contribution in [3.63, 3.8) is 0 Å². The zero-order chi connectivity index (χ0) is 24.5. The second-order valence-corrected chi connectivity index (χ2v) is 9.69. The average Bonchev–Trinajstić information content (AvgIpc) is 3.28. The van der Waals surface area contributed by atoms with Gasteiger partial charge in [-0.15, -0.1) is 0 Å². The highest BCUT2D eigenvalue weighted by Gasteiger charge is 2.36. The van der Waals surface area contributed by atoms with Crippen LogP contribution in [-0.4, -0.2) is 62.6 Å². The van der Waals surface area contributed by atoms with Gasteiger partial charge in [0, 0.05) is 37.7 Å². The molecule has 0 aliphatic carbocycles. The van der Waals surface area contributed by atoms with Crippen LogP contribution in [0.15, 0.2) is 37.2 Å². The minimum absolute atomic E-state index is 0.0190. The van der Waals surface area contributed by atoms with Crippen LogP contribution in [0.3, 0.4) is 0 Å². The van der Waals surface area contributed by atoms with Crippen LogP contribution in [0.4, 0.5) is 19.1 Å². The SMILES string of the molecule is CS(=O)(=O)N1CCC(Nc2ncc(C(F)(F)F)c(-c3cn(-c4cnccc4C#N)cn3)n2)CC1.